The molecule has 0 aromatic carbocycles. The molecule has 1 aromatic rings. The van der Waals surface area contributed by atoms with Crippen LogP contribution < -0.4 is 10.3 Å². The molecule has 1 aliphatic rings. The van der Waals surface area contributed by atoms with Crippen molar-refractivity contribution in [2.45, 2.75) is 24.2 Å². The summed E-state index contributed by atoms with van der Waals surface area (Å²) in [6, 6.07) is 2.46. The van der Waals surface area contributed by atoms with E-state index in [-0.39, 0.29) is 28.9 Å². The summed E-state index contributed by atoms with van der Waals surface area (Å²) in [5, 5.41) is 9.20. The van der Waals surface area contributed by atoms with Gasteiger partial charge in [-0.15, -0.1) is 0 Å². The number of H-pyrrole nitrogens is 1. The van der Waals surface area contributed by atoms with Crippen molar-refractivity contribution in [2.24, 2.45) is 11.8 Å². The van der Waals surface area contributed by atoms with E-state index in [1.165, 1.54) is 18.3 Å². The van der Waals surface area contributed by atoms with E-state index in [0.29, 0.717) is 6.54 Å². The van der Waals surface area contributed by atoms with Crippen molar-refractivity contribution in [3.8, 4) is 0 Å². The second-order valence-electron chi connectivity index (χ2n) is 4.87. The number of rotatable bonds is 5. The molecule has 2 rings (SSSR count). The van der Waals surface area contributed by atoms with Gasteiger partial charge in [-0.3, -0.25) is 4.79 Å². The summed E-state index contributed by atoms with van der Waals surface area (Å²) in [5.41, 5.74) is -0.338. The molecule has 1 saturated carbocycles. The van der Waals surface area contributed by atoms with Gasteiger partial charge in [0.25, 0.3) is 0 Å². The van der Waals surface area contributed by atoms with Gasteiger partial charge in [0.15, 0.2) is 0 Å². The predicted molar refractivity (Wildman–Crippen MR) is 70.2 cm³/mol. The Bertz CT molecular complexity index is 561. The molecule has 7 heteroatoms. The average Bonchev–Trinajstić information content (AvgIpc) is 2.84. The minimum Gasteiger partial charge on any atom is -0.396 e. The van der Waals surface area contributed by atoms with Gasteiger partial charge in [-0.1, -0.05) is 6.42 Å². The molecule has 0 spiro atoms. The number of pyridine rings is 1. The zero-order chi connectivity index (χ0) is 13.9. The molecule has 1 heterocycles. The molecule has 6 nitrogen and oxygen atoms in total. The zero-order valence-electron chi connectivity index (χ0n) is 10.5. The number of aromatic amines is 1. The highest BCUT2D eigenvalue weighted by Crippen LogP contribution is 2.30. The first kappa shape index (κ1) is 14.2. The average molecular weight is 286 g/mol. The van der Waals surface area contributed by atoms with Crippen molar-refractivity contribution in [3.63, 3.8) is 0 Å². The van der Waals surface area contributed by atoms with Crippen molar-refractivity contribution in [1.82, 2.24) is 9.71 Å². The Labute approximate surface area is 111 Å². The smallest absolute Gasteiger partial charge is 0.247 e. The molecule has 0 saturated heterocycles. The van der Waals surface area contributed by atoms with Crippen molar-refractivity contribution < 1.29 is 13.5 Å². The van der Waals surface area contributed by atoms with E-state index in [1.807, 2.05) is 0 Å². The number of sulfonamides is 1. The zero-order valence-corrected chi connectivity index (χ0v) is 11.3. The number of aliphatic hydroxyl groups excluding tert-OH is 1. The summed E-state index contributed by atoms with van der Waals surface area (Å²) in [4.78, 5) is 13.3. The lowest BCUT2D eigenvalue weighted by Crippen LogP contribution is -2.32. The fraction of sp³-hybridized carbons (Fsp3) is 0.583. The van der Waals surface area contributed by atoms with Gasteiger partial charge >= 0.3 is 0 Å². The third kappa shape index (κ3) is 3.43. The lowest BCUT2D eigenvalue weighted by atomic mass is 9.97. The Morgan fingerprint density at radius 2 is 2.05 bits per heavy atom. The summed E-state index contributed by atoms with van der Waals surface area (Å²) in [6.45, 7) is 0.428. The van der Waals surface area contributed by atoms with Crippen LogP contribution in [0.2, 0.25) is 0 Å². The Morgan fingerprint density at radius 1 is 1.32 bits per heavy atom. The van der Waals surface area contributed by atoms with Crippen LogP contribution >= 0.6 is 0 Å². The van der Waals surface area contributed by atoms with Gasteiger partial charge in [-0.2, -0.15) is 0 Å². The van der Waals surface area contributed by atoms with Gasteiger partial charge in [0, 0.05) is 25.4 Å². The van der Waals surface area contributed by atoms with Crippen molar-refractivity contribution in [1.29, 1.82) is 0 Å². The number of hydrogen-bond donors (Lipinski definition) is 3. The molecule has 1 aliphatic carbocycles. The van der Waals surface area contributed by atoms with E-state index in [0.717, 1.165) is 19.3 Å². The van der Waals surface area contributed by atoms with Gasteiger partial charge in [-0.25, -0.2) is 13.1 Å². The highest BCUT2D eigenvalue weighted by Gasteiger charge is 2.28. The van der Waals surface area contributed by atoms with Gasteiger partial charge < -0.3 is 10.1 Å². The molecule has 0 bridgehead atoms. The quantitative estimate of drug-likeness (QED) is 0.713. The highest BCUT2D eigenvalue weighted by atomic mass is 32.2. The van der Waals surface area contributed by atoms with Crippen LogP contribution in [0.3, 0.4) is 0 Å². The second kappa shape index (κ2) is 5.85. The molecule has 0 amide bonds. The third-order valence-corrected chi connectivity index (χ3v) is 5.07. The Morgan fingerprint density at radius 3 is 2.68 bits per heavy atom. The number of nitrogens with one attached hydrogen (secondary N) is 2. The topological polar surface area (TPSA) is 99.3 Å². The highest BCUT2D eigenvalue weighted by molar-refractivity contribution is 7.89. The molecule has 1 aromatic heterocycles. The van der Waals surface area contributed by atoms with Crippen molar-refractivity contribution in [3.05, 3.63) is 28.7 Å². The standard InChI is InChI=1S/C12H18N2O4S/c15-8-10-3-1-2-9(10)6-14-19(17,18)11-4-5-12(16)13-7-11/h4-5,7,9-10,14-15H,1-3,6,8H2,(H,13,16). The van der Waals surface area contributed by atoms with Crippen LogP contribution in [-0.4, -0.2) is 31.7 Å². The van der Waals surface area contributed by atoms with Crippen LogP contribution in [0.25, 0.3) is 0 Å². The molecule has 0 radical (unpaired) electrons. The van der Waals surface area contributed by atoms with Crippen LogP contribution in [0.1, 0.15) is 19.3 Å². The van der Waals surface area contributed by atoms with E-state index in [2.05, 4.69) is 9.71 Å². The van der Waals surface area contributed by atoms with Gasteiger partial charge in [0.05, 0.1) is 4.90 Å². The van der Waals surface area contributed by atoms with Crippen LogP contribution in [-0.2, 0) is 10.0 Å². The summed E-state index contributed by atoms with van der Waals surface area (Å²) in [6.07, 6.45) is 4.08. The lowest BCUT2D eigenvalue weighted by Gasteiger charge is -2.17. The molecule has 3 N–H and O–H groups in total. The SMILES string of the molecule is O=c1ccc(S(=O)(=O)NCC2CCCC2CO)c[nH]1. The molecule has 19 heavy (non-hydrogen) atoms. The van der Waals surface area contributed by atoms with Crippen molar-refractivity contribution in [2.75, 3.05) is 13.2 Å². The van der Waals surface area contributed by atoms with E-state index in [4.69, 9.17) is 0 Å². The molecular formula is C12H18N2O4S. The third-order valence-electron chi connectivity index (χ3n) is 3.65. The first-order valence-corrected chi connectivity index (χ1v) is 7.80. The largest absolute Gasteiger partial charge is 0.396 e. The second-order valence-corrected chi connectivity index (χ2v) is 6.64. The summed E-state index contributed by atoms with van der Waals surface area (Å²) in [7, 11) is -3.60. The summed E-state index contributed by atoms with van der Waals surface area (Å²) in [5.74, 6) is 0.362. The number of aliphatic hydroxyl groups is 1. The Kier molecular flexibility index (Phi) is 4.38. The van der Waals surface area contributed by atoms with Gasteiger partial charge in [-0.05, 0) is 30.7 Å². The van der Waals surface area contributed by atoms with E-state index in [9.17, 15) is 18.3 Å². The maximum absolute atomic E-state index is 12.0. The predicted octanol–water partition coefficient (Wildman–Crippen LogP) is 0.0618. The van der Waals surface area contributed by atoms with E-state index < -0.39 is 10.0 Å². The van der Waals surface area contributed by atoms with Crippen LogP contribution in [0.4, 0.5) is 0 Å². The number of hydrogen-bond acceptors (Lipinski definition) is 4. The summed E-state index contributed by atoms with van der Waals surface area (Å²) >= 11 is 0. The Balaban J connectivity index is 2.01. The normalized spacial score (nSPS) is 23.6. The molecule has 2 atom stereocenters. The maximum atomic E-state index is 12.0. The molecule has 0 aliphatic heterocycles. The minimum absolute atomic E-state index is 0.0469. The van der Waals surface area contributed by atoms with Crippen LogP contribution in [0.15, 0.2) is 28.0 Å². The Hall–Kier alpha value is -1.18. The number of aromatic nitrogens is 1. The molecule has 106 valence electrons. The monoisotopic (exact) mass is 286 g/mol. The van der Waals surface area contributed by atoms with Crippen LogP contribution in [0, 0.1) is 11.8 Å². The minimum atomic E-state index is -3.60. The lowest BCUT2D eigenvalue weighted by molar-refractivity contribution is 0.195. The first-order chi connectivity index (χ1) is 9.03. The summed E-state index contributed by atoms with van der Waals surface area (Å²) < 4.78 is 26.5. The maximum Gasteiger partial charge on any atom is 0.247 e. The first-order valence-electron chi connectivity index (χ1n) is 6.32. The molecule has 1 fully saturated rings. The van der Waals surface area contributed by atoms with Gasteiger partial charge in [0.1, 0.15) is 0 Å². The van der Waals surface area contributed by atoms with E-state index >= 15 is 0 Å². The van der Waals surface area contributed by atoms with Gasteiger partial charge in [0.2, 0.25) is 15.6 Å². The molecule has 2 unspecified atom stereocenters. The van der Waals surface area contributed by atoms with E-state index in [1.54, 1.807) is 0 Å². The fourth-order valence-corrected chi connectivity index (χ4v) is 3.55. The fourth-order valence-electron chi connectivity index (χ4n) is 2.49. The van der Waals surface area contributed by atoms with Crippen molar-refractivity contribution >= 4 is 10.0 Å². The molecular weight excluding hydrogens is 268 g/mol. The van der Waals surface area contributed by atoms with Crippen LogP contribution in [0.5, 0.6) is 0 Å².